The normalized spacial score (nSPS) is 12.4. The van der Waals surface area contributed by atoms with Gasteiger partial charge in [0.15, 0.2) is 5.12 Å². The van der Waals surface area contributed by atoms with Gasteiger partial charge in [-0.2, -0.15) is 0 Å². The second-order valence-electron chi connectivity index (χ2n) is 5.10. The molecule has 1 unspecified atom stereocenters. The van der Waals surface area contributed by atoms with Gasteiger partial charge in [0.1, 0.15) is 5.78 Å². The fourth-order valence-electron chi connectivity index (χ4n) is 1.96. The van der Waals surface area contributed by atoms with Gasteiger partial charge in [-0.25, -0.2) is 0 Å². The van der Waals surface area contributed by atoms with Crippen LogP contribution in [0.2, 0.25) is 0 Å². The summed E-state index contributed by atoms with van der Waals surface area (Å²) in [7, 11) is 0. The van der Waals surface area contributed by atoms with Gasteiger partial charge in [-0.05, 0) is 13.3 Å². The minimum absolute atomic E-state index is 0.0398. The third-order valence-electron chi connectivity index (χ3n) is 3.38. The third-order valence-corrected chi connectivity index (χ3v) is 3.77. The van der Waals surface area contributed by atoms with E-state index in [1.54, 1.807) is 6.92 Å². The Hall–Kier alpha value is -0.310. The van der Waals surface area contributed by atoms with Crippen molar-refractivity contribution in [2.75, 3.05) is 0 Å². The van der Waals surface area contributed by atoms with E-state index in [9.17, 15) is 9.59 Å². The van der Waals surface area contributed by atoms with Crippen molar-refractivity contribution in [1.82, 2.24) is 0 Å². The second kappa shape index (κ2) is 11.8. The average Bonchev–Trinajstić information content (AvgIpc) is 2.35. The van der Waals surface area contributed by atoms with E-state index in [0.29, 0.717) is 6.42 Å². The first-order valence-electron chi connectivity index (χ1n) is 7.35. The van der Waals surface area contributed by atoms with Crippen LogP contribution in [0.4, 0.5) is 0 Å². The molecule has 3 heteroatoms. The zero-order valence-corrected chi connectivity index (χ0v) is 12.8. The van der Waals surface area contributed by atoms with Gasteiger partial charge in [0.05, 0.1) is 5.92 Å². The van der Waals surface area contributed by atoms with E-state index in [0.717, 1.165) is 12.8 Å². The Morgan fingerprint density at radius 2 is 1.33 bits per heavy atom. The zero-order valence-electron chi connectivity index (χ0n) is 11.9. The molecule has 2 nitrogen and oxygen atoms in total. The minimum atomic E-state index is -0.526. The monoisotopic (exact) mass is 272 g/mol. The number of hydrogen-bond acceptors (Lipinski definition) is 2. The Bertz CT molecular complexity index is 239. The number of carbonyl (C=O) groups is 2. The predicted molar refractivity (Wildman–Crippen MR) is 80.0 cm³/mol. The maximum Gasteiger partial charge on any atom is 0.196 e. The molecular formula is C15H28O2S. The Morgan fingerprint density at radius 1 is 0.889 bits per heavy atom. The maximum absolute atomic E-state index is 11.5. The molecule has 0 N–H and O–H groups in total. The fraction of sp³-hybridized carbons (Fsp3) is 0.867. The van der Waals surface area contributed by atoms with E-state index in [4.69, 9.17) is 0 Å². The molecule has 18 heavy (non-hydrogen) atoms. The Labute approximate surface area is 117 Å². The van der Waals surface area contributed by atoms with E-state index < -0.39 is 5.92 Å². The number of thiol groups is 1. The van der Waals surface area contributed by atoms with Crippen molar-refractivity contribution >= 4 is 23.5 Å². The summed E-state index contributed by atoms with van der Waals surface area (Å²) in [5.41, 5.74) is 0. The van der Waals surface area contributed by atoms with E-state index in [-0.39, 0.29) is 10.9 Å². The largest absolute Gasteiger partial charge is 0.299 e. The summed E-state index contributed by atoms with van der Waals surface area (Å²) in [6, 6.07) is 0. The molecule has 0 spiro atoms. The summed E-state index contributed by atoms with van der Waals surface area (Å²) >= 11 is 3.69. The van der Waals surface area contributed by atoms with Gasteiger partial charge in [-0.15, -0.1) is 12.6 Å². The summed E-state index contributed by atoms with van der Waals surface area (Å²) in [4.78, 5) is 22.4. The van der Waals surface area contributed by atoms with Crippen LogP contribution in [0.25, 0.3) is 0 Å². The number of Topliss-reactive ketones (excluding diaryl/α,β-unsaturated/α-hetero) is 1. The molecule has 0 aromatic carbocycles. The molecule has 0 fully saturated rings. The molecule has 0 rings (SSSR count). The van der Waals surface area contributed by atoms with Gasteiger partial charge < -0.3 is 0 Å². The molecule has 0 radical (unpaired) electrons. The van der Waals surface area contributed by atoms with Crippen molar-refractivity contribution in [3.05, 3.63) is 0 Å². The highest BCUT2D eigenvalue weighted by molar-refractivity contribution is 7.96. The van der Waals surface area contributed by atoms with Crippen molar-refractivity contribution in [2.45, 2.75) is 78.1 Å². The molecule has 0 aliphatic carbocycles. The zero-order chi connectivity index (χ0) is 13.8. The number of carbonyl (C=O) groups excluding carboxylic acids is 2. The Kier molecular flexibility index (Phi) is 11.6. The van der Waals surface area contributed by atoms with Crippen LogP contribution in [0.3, 0.4) is 0 Å². The summed E-state index contributed by atoms with van der Waals surface area (Å²) in [6.45, 7) is 3.87. The minimum Gasteiger partial charge on any atom is -0.299 e. The first kappa shape index (κ1) is 17.7. The summed E-state index contributed by atoms with van der Waals surface area (Å²) in [5, 5.41) is -0.309. The van der Waals surface area contributed by atoms with Crippen LogP contribution in [-0.4, -0.2) is 10.9 Å². The molecule has 1 atom stereocenters. The van der Waals surface area contributed by atoms with Gasteiger partial charge in [0.2, 0.25) is 0 Å². The van der Waals surface area contributed by atoms with Gasteiger partial charge in [-0.3, -0.25) is 9.59 Å². The highest BCUT2D eigenvalue weighted by Crippen LogP contribution is 2.12. The van der Waals surface area contributed by atoms with Crippen LogP contribution in [0.1, 0.15) is 78.1 Å². The van der Waals surface area contributed by atoms with Crippen LogP contribution in [0, 0.1) is 5.92 Å². The summed E-state index contributed by atoms with van der Waals surface area (Å²) < 4.78 is 0. The average molecular weight is 272 g/mol. The molecule has 0 saturated heterocycles. The molecule has 0 saturated carbocycles. The van der Waals surface area contributed by atoms with Crippen LogP contribution < -0.4 is 0 Å². The molecule has 0 bridgehead atoms. The van der Waals surface area contributed by atoms with Crippen molar-refractivity contribution in [1.29, 1.82) is 0 Å². The van der Waals surface area contributed by atoms with E-state index in [2.05, 4.69) is 19.6 Å². The first-order chi connectivity index (χ1) is 8.59. The summed E-state index contributed by atoms with van der Waals surface area (Å²) in [5.74, 6) is -0.486. The van der Waals surface area contributed by atoms with Crippen molar-refractivity contribution < 1.29 is 9.59 Å². The van der Waals surface area contributed by atoms with E-state index in [1.807, 2.05) is 0 Å². The second-order valence-corrected chi connectivity index (χ2v) is 5.55. The lowest BCUT2D eigenvalue weighted by molar-refractivity contribution is -0.127. The lowest BCUT2D eigenvalue weighted by atomic mass is 10.0. The van der Waals surface area contributed by atoms with Gasteiger partial charge in [0, 0.05) is 6.42 Å². The van der Waals surface area contributed by atoms with Crippen molar-refractivity contribution in [2.24, 2.45) is 5.92 Å². The quantitative estimate of drug-likeness (QED) is 0.321. The molecule has 0 aliphatic heterocycles. The van der Waals surface area contributed by atoms with E-state index >= 15 is 0 Å². The van der Waals surface area contributed by atoms with Crippen molar-refractivity contribution in [3.63, 3.8) is 0 Å². The SMILES string of the molecule is CCCCCCCCCCCC(=O)C(C)C(=O)S. The first-order valence-corrected chi connectivity index (χ1v) is 7.79. The van der Waals surface area contributed by atoms with E-state index in [1.165, 1.54) is 44.9 Å². The number of unbranched alkanes of at least 4 members (excludes halogenated alkanes) is 8. The highest BCUT2D eigenvalue weighted by Gasteiger charge is 2.17. The van der Waals surface area contributed by atoms with Gasteiger partial charge >= 0.3 is 0 Å². The predicted octanol–water partition coefficient (Wildman–Crippen LogP) is 4.57. The standard InChI is InChI=1S/C15H28O2S/c1-3-4-5-6-7-8-9-10-11-12-14(16)13(2)15(17)18/h13H,3-12H2,1-2H3,(H,17,18). The van der Waals surface area contributed by atoms with Crippen LogP contribution in [0.5, 0.6) is 0 Å². The maximum atomic E-state index is 11.5. The molecule has 0 amide bonds. The molecule has 0 heterocycles. The Balaban J connectivity index is 3.30. The lowest BCUT2D eigenvalue weighted by Gasteiger charge is -2.05. The topological polar surface area (TPSA) is 34.1 Å². The molecular weight excluding hydrogens is 244 g/mol. The van der Waals surface area contributed by atoms with Gasteiger partial charge in [-0.1, -0.05) is 58.3 Å². The van der Waals surface area contributed by atoms with Crippen LogP contribution in [0.15, 0.2) is 0 Å². The fourth-order valence-corrected chi connectivity index (χ4v) is 2.11. The third kappa shape index (κ3) is 9.69. The smallest absolute Gasteiger partial charge is 0.196 e. The molecule has 0 aromatic rings. The number of rotatable bonds is 12. The molecule has 0 aromatic heterocycles. The molecule has 0 aliphatic rings. The van der Waals surface area contributed by atoms with Gasteiger partial charge in [0.25, 0.3) is 0 Å². The van der Waals surface area contributed by atoms with Crippen molar-refractivity contribution in [3.8, 4) is 0 Å². The summed E-state index contributed by atoms with van der Waals surface area (Å²) in [6.07, 6.45) is 11.7. The van der Waals surface area contributed by atoms with Crippen LogP contribution in [-0.2, 0) is 9.59 Å². The highest BCUT2D eigenvalue weighted by atomic mass is 32.1. The number of ketones is 1. The Morgan fingerprint density at radius 3 is 1.78 bits per heavy atom. The molecule has 106 valence electrons. The van der Waals surface area contributed by atoms with Crippen LogP contribution >= 0.6 is 12.6 Å². The lowest BCUT2D eigenvalue weighted by Crippen LogP contribution is -2.16. The number of hydrogen-bond donors (Lipinski definition) is 1.